The molecule has 5 rings (SSSR count). The third-order valence-corrected chi connectivity index (χ3v) is 6.52. The Morgan fingerprint density at radius 1 is 0.879 bits per heavy atom. The Morgan fingerprint density at radius 2 is 1.58 bits per heavy atom. The van der Waals surface area contributed by atoms with Gasteiger partial charge in [-0.25, -0.2) is 4.79 Å². The molecular weight excluding hydrogens is 416 g/mol. The van der Waals surface area contributed by atoms with Crippen LogP contribution < -0.4 is 5.63 Å². The molecule has 1 saturated heterocycles. The second-order valence-electron chi connectivity index (χ2n) is 8.90. The van der Waals surface area contributed by atoms with Gasteiger partial charge in [0.1, 0.15) is 5.58 Å². The van der Waals surface area contributed by atoms with Crippen LogP contribution in [-0.4, -0.2) is 46.1 Å². The highest BCUT2D eigenvalue weighted by molar-refractivity contribution is 5.81. The molecule has 1 fully saturated rings. The van der Waals surface area contributed by atoms with Crippen molar-refractivity contribution in [3.63, 3.8) is 0 Å². The van der Waals surface area contributed by atoms with E-state index in [-0.39, 0.29) is 5.63 Å². The average Bonchev–Trinajstić information content (AvgIpc) is 3.25. The summed E-state index contributed by atoms with van der Waals surface area (Å²) in [5, 5.41) is 5.20. The first-order valence-corrected chi connectivity index (χ1v) is 11.3. The normalized spacial score (nSPS) is 15.4. The van der Waals surface area contributed by atoms with E-state index in [4.69, 9.17) is 8.94 Å². The van der Waals surface area contributed by atoms with Gasteiger partial charge in [-0.3, -0.25) is 9.80 Å². The van der Waals surface area contributed by atoms with Gasteiger partial charge in [-0.05, 0) is 55.2 Å². The fraction of sp³-hybridized carbons (Fsp3) is 0.346. The van der Waals surface area contributed by atoms with E-state index in [1.165, 1.54) is 5.56 Å². The van der Waals surface area contributed by atoms with Gasteiger partial charge in [0.15, 0.2) is 0 Å². The third kappa shape index (κ3) is 4.60. The lowest BCUT2D eigenvalue weighted by molar-refractivity contribution is 0.112. The van der Waals surface area contributed by atoms with Crippen molar-refractivity contribution in [2.24, 2.45) is 0 Å². The predicted octanol–water partition coefficient (Wildman–Crippen LogP) is 4.09. The van der Waals surface area contributed by atoms with Crippen LogP contribution >= 0.6 is 0 Å². The molecule has 0 amide bonds. The van der Waals surface area contributed by atoms with Crippen molar-refractivity contribution in [2.75, 3.05) is 26.2 Å². The monoisotopic (exact) mass is 444 g/mol. The summed E-state index contributed by atoms with van der Waals surface area (Å²) >= 11 is 0. The van der Waals surface area contributed by atoms with Crippen LogP contribution in [0.4, 0.5) is 0 Å². The van der Waals surface area contributed by atoms with Crippen molar-refractivity contribution in [3.8, 4) is 11.4 Å². The number of hydrogen-bond donors (Lipinski definition) is 0. The summed E-state index contributed by atoms with van der Waals surface area (Å²) < 4.78 is 11.0. The smallest absolute Gasteiger partial charge is 0.336 e. The molecule has 1 aliphatic rings. The number of aromatic nitrogens is 2. The molecule has 7 heteroatoms. The molecule has 0 radical (unpaired) electrons. The van der Waals surface area contributed by atoms with Gasteiger partial charge in [0, 0.05) is 49.7 Å². The summed E-state index contributed by atoms with van der Waals surface area (Å²) in [6, 6.07) is 13.8. The van der Waals surface area contributed by atoms with Gasteiger partial charge in [-0.1, -0.05) is 29.4 Å². The van der Waals surface area contributed by atoms with Gasteiger partial charge >= 0.3 is 5.63 Å². The summed E-state index contributed by atoms with van der Waals surface area (Å²) in [6.45, 7) is 11.2. The van der Waals surface area contributed by atoms with Gasteiger partial charge in [0.25, 0.3) is 0 Å². The van der Waals surface area contributed by atoms with Crippen molar-refractivity contribution in [3.05, 3.63) is 81.0 Å². The van der Waals surface area contributed by atoms with E-state index in [1.807, 2.05) is 44.2 Å². The fourth-order valence-corrected chi connectivity index (χ4v) is 4.40. The zero-order valence-electron chi connectivity index (χ0n) is 19.3. The molecule has 33 heavy (non-hydrogen) atoms. The standard InChI is InChI=1S/C26H28N4O3/c1-17-6-4-5-7-21(17)26-27-24(33-28-26)16-30-10-8-29(9-11-30)15-20-14-25(31)32-23-13-19(3)18(2)12-22(20)23/h4-7,12-14H,8-11,15-16H2,1-3H3. The number of nitrogens with zero attached hydrogens (tertiary/aromatic N) is 4. The molecule has 2 aromatic carbocycles. The zero-order valence-corrected chi connectivity index (χ0v) is 19.3. The largest absolute Gasteiger partial charge is 0.423 e. The Hall–Kier alpha value is -3.29. The van der Waals surface area contributed by atoms with Crippen LogP contribution in [0.2, 0.25) is 0 Å². The van der Waals surface area contributed by atoms with Crippen molar-refractivity contribution < 1.29 is 8.94 Å². The lowest BCUT2D eigenvalue weighted by atomic mass is 10.0. The van der Waals surface area contributed by atoms with Crippen molar-refractivity contribution in [1.82, 2.24) is 19.9 Å². The number of piperazine rings is 1. The SMILES string of the molecule is Cc1cc2oc(=O)cc(CN3CCN(Cc4nc(-c5ccccc5C)no4)CC3)c2cc1C. The van der Waals surface area contributed by atoms with Crippen LogP contribution in [0.1, 0.15) is 28.1 Å². The fourth-order valence-electron chi connectivity index (χ4n) is 4.40. The molecule has 2 aromatic heterocycles. The molecule has 4 aromatic rings. The predicted molar refractivity (Wildman–Crippen MR) is 127 cm³/mol. The van der Waals surface area contributed by atoms with Crippen LogP contribution in [0.15, 0.2) is 56.2 Å². The van der Waals surface area contributed by atoms with E-state index in [0.717, 1.165) is 60.4 Å². The maximum absolute atomic E-state index is 12.1. The Labute approximate surface area is 192 Å². The number of hydrogen-bond acceptors (Lipinski definition) is 7. The lowest BCUT2D eigenvalue weighted by Crippen LogP contribution is -2.45. The molecule has 0 aliphatic carbocycles. The molecular formula is C26H28N4O3. The maximum Gasteiger partial charge on any atom is 0.336 e. The first-order chi connectivity index (χ1) is 16.0. The second-order valence-corrected chi connectivity index (χ2v) is 8.90. The summed E-state index contributed by atoms with van der Waals surface area (Å²) in [7, 11) is 0. The van der Waals surface area contributed by atoms with Crippen LogP contribution in [-0.2, 0) is 13.1 Å². The highest BCUT2D eigenvalue weighted by Gasteiger charge is 2.21. The molecule has 1 aliphatic heterocycles. The van der Waals surface area contributed by atoms with E-state index in [9.17, 15) is 4.79 Å². The van der Waals surface area contributed by atoms with Crippen LogP contribution in [0.25, 0.3) is 22.4 Å². The summed E-state index contributed by atoms with van der Waals surface area (Å²) in [4.78, 5) is 21.4. The topological polar surface area (TPSA) is 75.6 Å². The molecule has 7 nitrogen and oxygen atoms in total. The summed E-state index contributed by atoms with van der Waals surface area (Å²) in [5.41, 5.74) is 5.86. The highest BCUT2D eigenvalue weighted by Crippen LogP contribution is 2.24. The van der Waals surface area contributed by atoms with E-state index in [2.05, 4.69) is 32.9 Å². The molecule has 0 bridgehead atoms. The molecule has 0 unspecified atom stereocenters. The van der Waals surface area contributed by atoms with Crippen molar-refractivity contribution >= 4 is 11.0 Å². The van der Waals surface area contributed by atoms with Gasteiger partial charge in [0.2, 0.25) is 11.7 Å². The van der Waals surface area contributed by atoms with E-state index in [0.29, 0.717) is 23.8 Å². The molecule has 170 valence electrons. The molecule has 0 N–H and O–H groups in total. The van der Waals surface area contributed by atoms with Crippen LogP contribution in [0.3, 0.4) is 0 Å². The van der Waals surface area contributed by atoms with E-state index in [1.54, 1.807) is 6.07 Å². The summed E-state index contributed by atoms with van der Waals surface area (Å²) in [6.07, 6.45) is 0. The quantitative estimate of drug-likeness (QED) is 0.429. The van der Waals surface area contributed by atoms with Gasteiger partial charge in [0.05, 0.1) is 6.54 Å². The Balaban J connectivity index is 1.23. The van der Waals surface area contributed by atoms with Gasteiger partial charge in [-0.2, -0.15) is 4.98 Å². The van der Waals surface area contributed by atoms with Gasteiger partial charge in [-0.15, -0.1) is 0 Å². The first kappa shape index (κ1) is 21.6. The van der Waals surface area contributed by atoms with Crippen LogP contribution in [0.5, 0.6) is 0 Å². The van der Waals surface area contributed by atoms with E-state index < -0.39 is 0 Å². The minimum atomic E-state index is -0.291. The minimum Gasteiger partial charge on any atom is -0.423 e. The maximum atomic E-state index is 12.1. The van der Waals surface area contributed by atoms with E-state index >= 15 is 0 Å². The minimum absolute atomic E-state index is 0.291. The Kier molecular flexibility index (Phi) is 5.83. The lowest BCUT2D eigenvalue weighted by Gasteiger charge is -2.34. The molecule has 0 spiro atoms. The second kappa shape index (κ2) is 8.92. The van der Waals surface area contributed by atoms with Crippen LogP contribution in [0, 0.1) is 20.8 Å². The molecule has 0 saturated carbocycles. The highest BCUT2D eigenvalue weighted by atomic mass is 16.5. The zero-order chi connectivity index (χ0) is 22.9. The number of rotatable bonds is 5. The van der Waals surface area contributed by atoms with Crippen molar-refractivity contribution in [2.45, 2.75) is 33.9 Å². The molecule has 0 atom stereocenters. The Morgan fingerprint density at radius 3 is 2.33 bits per heavy atom. The summed E-state index contributed by atoms with van der Waals surface area (Å²) in [5.74, 6) is 1.28. The van der Waals surface area contributed by atoms with Gasteiger partial charge < -0.3 is 8.94 Å². The number of fused-ring (bicyclic) bond motifs is 1. The third-order valence-electron chi connectivity index (χ3n) is 6.52. The molecule has 3 heterocycles. The first-order valence-electron chi connectivity index (χ1n) is 11.3. The van der Waals surface area contributed by atoms with Crippen molar-refractivity contribution in [1.29, 1.82) is 0 Å². The number of benzene rings is 2. The number of aryl methyl sites for hydroxylation is 3. The average molecular weight is 445 g/mol. The Bertz CT molecular complexity index is 1350.